The number of rotatable bonds is 12. The van der Waals surface area contributed by atoms with Gasteiger partial charge in [-0.05, 0) is 12.1 Å². The number of anilines is 2. The van der Waals surface area contributed by atoms with Gasteiger partial charge >= 0.3 is 36.1 Å². The van der Waals surface area contributed by atoms with E-state index >= 15 is 0 Å². The van der Waals surface area contributed by atoms with Crippen molar-refractivity contribution >= 4 is 36.4 Å². The molecule has 0 spiro atoms. The van der Waals surface area contributed by atoms with Crippen LogP contribution in [0.5, 0.6) is 0 Å². The van der Waals surface area contributed by atoms with E-state index in [0.717, 1.165) is 15.3 Å². The Hall–Kier alpha value is -2.35. The van der Waals surface area contributed by atoms with Crippen molar-refractivity contribution in [2.45, 2.75) is 49.1 Å². The molecule has 0 amide bonds. The van der Waals surface area contributed by atoms with Gasteiger partial charge in [0.2, 0.25) is 0 Å². The van der Waals surface area contributed by atoms with Gasteiger partial charge in [0.1, 0.15) is 48.3 Å². The second-order valence-corrected chi connectivity index (χ2v) is 11.4. The average molecular weight is 660 g/mol. The first kappa shape index (κ1) is 32.6. The molecule has 0 aromatic carbocycles. The molecule has 42 heavy (non-hydrogen) atoms. The van der Waals surface area contributed by atoms with Gasteiger partial charge in [-0.25, -0.2) is 9.59 Å². The summed E-state index contributed by atoms with van der Waals surface area (Å²) in [5, 5.41) is 21.5. The maximum absolute atomic E-state index is 12.8. The van der Waals surface area contributed by atoms with Crippen LogP contribution in [0.15, 0.2) is 34.1 Å². The molecule has 8 N–H and O–H groups in total. The van der Waals surface area contributed by atoms with E-state index in [1.165, 1.54) is 18.3 Å². The molecule has 4 unspecified atom stereocenters. The van der Waals surface area contributed by atoms with Gasteiger partial charge in [0.15, 0.2) is 12.5 Å². The van der Waals surface area contributed by atoms with E-state index < -0.39 is 98.4 Å². The summed E-state index contributed by atoms with van der Waals surface area (Å²) in [5.41, 5.74) is 9.12. The fourth-order valence-corrected chi connectivity index (χ4v) is 5.98. The lowest BCUT2D eigenvalue weighted by Crippen LogP contribution is -2.37. The number of aliphatic hydroxyl groups is 2. The van der Waals surface area contributed by atoms with Gasteiger partial charge in [-0.1, -0.05) is 0 Å². The summed E-state index contributed by atoms with van der Waals surface area (Å²) >= 11 is 0. The number of hydrogen-bond donors (Lipinski definition) is 6. The van der Waals surface area contributed by atoms with E-state index in [0.29, 0.717) is 0 Å². The van der Waals surface area contributed by atoms with Crippen LogP contribution in [0.2, 0.25) is 0 Å². The van der Waals surface area contributed by atoms with Crippen molar-refractivity contribution in [1.82, 2.24) is 19.1 Å². The highest BCUT2D eigenvalue weighted by atomic mass is 31.1. The Kier molecular flexibility index (Phi) is 10.8. The summed E-state index contributed by atoms with van der Waals surface area (Å²) < 4.78 is 68.2. The molecule has 234 valence electrons. The SMILES string of the molecule is Nc1ccn([C@H]2O[C@@H](CO[PH](=O)O)[C@H](O[PH](=O)OCC3O[C@H](n4ccc(N)nc4=O)[C@@H](O)[C@H]3O[PH](=O)O)[C@@H]2O)c(=O)n1. The molecule has 0 saturated carbocycles. The topological polar surface area (TPSA) is 309 Å². The number of aliphatic hydroxyl groups excluding tert-OH is 2. The standard InChI is InChI=1S/C18H27N6O15P3/c19-9-1-3-23(17(27)21-9)15-11(25)13(38-41(31)32)8(37-15)6-35-42(33)39-14-7(5-34-40(29)30)36-16(12(14)26)24-4-2-10(20)22-18(24)28/h1-4,7-8,11-16,25-26,40-42H,5-6H2,(H,29,30)(H,31,32)(H2,19,21,27)(H2,20,22,28)/t7-,8?,11-,12-,13-,14-,15-,16-/m0/s1. The van der Waals surface area contributed by atoms with Crippen molar-refractivity contribution in [3.63, 3.8) is 0 Å². The van der Waals surface area contributed by atoms with Crippen molar-refractivity contribution in [2.75, 3.05) is 24.7 Å². The fraction of sp³-hybridized carbons (Fsp3) is 0.556. The molecule has 2 fully saturated rings. The highest BCUT2D eigenvalue weighted by Crippen LogP contribution is 2.40. The lowest BCUT2D eigenvalue weighted by molar-refractivity contribution is -0.0546. The average Bonchev–Trinajstić information content (AvgIpc) is 3.37. The van der Waals surface area contributed by atoms with E-state index in [4.69, 9.17) is 39.4 Å². The maximum Gasteiger partial charge on any atom is 0.351 e. The van der Waals surface area contributed by atoms with Gasteiger partial charge in [-0.15, -0.1) is 0 Å². The molecule has 0 radical (unpaired) electrons. The third kappa shape index (κ3) is 7.59. The second kappa shape index (κ2) is 14.0. The highest BCUT2D eigenvalue weighted by Gasteiger charge is 2.49. The first-order valence-electron chi connectivity index (χ1n) is 11.8. The van der Waals surface area contributed by atoms with Crippen molar-refractivity contribution in [3.8, 4) is 0 Å². The molecule has 0 aliphatic carbocycles. The molecule has 4 heterocycles. The van der Waals surface area contributed by atoms with Crippen LogP contribution in [0.3, 0.4) is 0 Å². The predicted molar refractivity (Wildman–Crippen MR) is 139 cm³/mol. The van der Waals surface area contributed by atoms with Crippen LogP contribution in [0.25, 0.3) is 0 Å². The van der Waals surface area contributed by atoms with Crippen LogP contribution in [-0.2, 0) is 41.3 Å². The molecule has 0 bridgehead atoms. The largest absolute Gasteiger partial charge is 0.386 e. The van der Waals surface area contributed by atoms with Crippen molar-refractivity contribution in [3.05, 3.63) is 45.5 Å². The monoisotopic (exact) mass is 660 g/mol. The molecule has 4 rings (SSSR count). The maximum atomic E-state index is 12.8. The van der Waals surface area contributed by atoms with Gasteiger partial charge in [0.05, 0.1) is 13.2 Å². The highest BCUT2D eigenvalue weighted by molar-refractivity contribution is 7.33. The summed E-state index contributed by atoms with van der Waals surface area (Å²) in [7, 11) is -10.7. The Morgan fingerprint density at radius 1 is 0.786 bits per heavy atom. The van der Waals surface area contributed by atoms with E-state index in [9.17, 15) is 38.4 Å². The Bertz CT molecular complexity index is 1460. The molecular weight excluding hydrogens is 633 g/mol. The molecule has 11 atom stereocenters. The van der Waals surface area contributed by atoms with E-state index in [2.05, 4.69) is 14.5 Å². The molecule has 21 nitrogen and oxygen atoms in total. The molecular formula is C18H27N6O15P3. The number of nitrogens with two attached hydrogens (primary N) is 2. The number of nitrogen functional groups attached to an aromatic ring is 2. The zero-order valence-corrected chi connectivity index (χ0v) is 24.1. The van der Waals surface area contributed by atoms with Gasteiger partial charge in [-0.3, -0.25) is 22.8 Å². The summed E-state index contributed by atoms with van der Waals surface area (Å²) in [5.74, 6) is -0.220. The summed E-state index contributed by atoms with van der Waals surface area (Å²) in [6.45, 7) is -1.30. The summed E-state index contributed by atoms with van der Waals surface area (Å²) in [6.07, 6.45) is -9.75. The Balaban J connectivity index is 1.47. The van der Waals surface area contributed by atoms with Crippen LogP contribution >= 0.6 is 24.8 Å². The minimum Gasteiger partial charge on any atom is -0.386 e. The van der Waals surface area contributed by atoms with Crippen LogP contribution in [0.4, 0.5) is 11.6 Å². The molecule has 24 heteroatoms. The van der Waals surface area contributed by atoms with Gasteiger partial charge in [0.25, 0.3) is 0 Å². The lowest BCUT2D eigenvalue weighted by Gasteiger charge is -2.22. The minimum absolute atomic E-state index is 0.110. The Morgan fingerprint density at radius 3 is 1.67 bits per heavy atom. The number of hydrogen-bond acceptors (Lipinski definition) is 17. The van der Waals surface area contributed by atoms with Gasteiger partial charge in [-0.2, -0.15) is 9.97 Å². The minimum atomic E-state index is -3.64. The quantitative estimate of drug-likeness (QED) is 0.125. The summed E-state index contributed by atoms with van der Waals surface area (Å²) in [4.78, 5) is 49.8. The van der Waals surface area contributed by atoms with Crippen LogP contribution in [0, 0.1) is 0 Å². The number of aromatic nitrogens is 4. The summed E-state index contributed by atoms with van der Waals surface area (Å²) in [6, 6.07) is 2.48. The lowest BCUT2D eigenvalue weighted by atomic mass is 10.1. The van der Waals surface area contributed by atoms with Gasteiger partial charge in [0, 0.05) is 12.4 Å². The molecule has 2 saturated heterocycles. The van der Waals surface area contributed by atoms with Crippen LogP contribution in [0.1, 0.15) is 12.5 Å². The first-order chi connectivity index (χ1) is 19.8. The smallest absolute Gasteiger partial charge is 0.351 e. The number of ether oxygens (including phenoxy) is 2. The van der Waals surface area contributed by atoms with Gasteiger partial charge < -0.3 is 59.0 Å². The Morgan fingerprint density at radius 2 is 1.24 bits per heavy atom. The van der Waals surface area contributed by atoms with Crippen molar-refractivity contribution in [1.29, 1.82) is 0 Å². The van der Waals surface area contributed by atoms with Crippen LogP contribution < -0.4 is 22.8 Å². The zero-order chi connectivity index (χ0) is 30.7. The third-order valence-corrected chi connectivity index (χ3v) is 7.83. The van der Waals surface area contributed by atoms with E-state index in [-0.39, 0.29) is 11.6 Å². The van der Waals surface area contributed by atoms with Crippen molar-refractivity contribution in [2.24, 2.45) is 0 Å². The predicted octanol–water partition coefficient (Wildman–Crippen LogP) is -2.86. The first-order valence-corrected chi connectivity index (χ1v) is 15.6. The Labute approximate surface area is 236 Å². The van der Waals surface area contributed by atoms with E-state index in [1.807, 2.05) is 0 Å². The second-order valence-electron chi connectivity index (χ2n) is 8.76. The van der Waals surface area contributed by atoms with Crippen molar-refractivity contribution < 1.29 is 61.3 Å². The molecule has 2 aromatic rings. The molecule has 2 aliphatic rings. The third-order valence-electron chi connectivity index (χ3n) is 6.08. The molecule has 2 aliphatic heterocycles. The van der Waals surface area contributed by atoms with E-state index in [1.54, 1.807) is 0 Å². The fourth-order valence-electron chi connectivity index (χ4n) is 4.26. The number of nitrogens with zero attached hydrogens (tertiary/aromatic N) is 4. The normalized spacial score (nSPS) is 31.6. The molecule has 2 aromatic heterocycles. The zero-order valence-electron chi connectivity index (χ0n) is 21.1. The van der Waals surface area contributed by atoms with Crippen LogP contribution in [-0.4, -0.2) is 88.9 Å².